The molecule has 3 heterocycles. The summed E-state index contributed by atoms with van der Waals surface area (Å²) in [4.78, 5) is 18.2. The summed E-state index contributed by atoms with van der Waals surface area (Å²) in [6, 6.07) is 25.7. The van der Waals surface area contributed by atoms with E-state index in [2.05, 4.69) is 65.4 Å². The van der Waals surface area contributed by atoms with E-state index in [0.717, 1.165) is 32.9 Å². The van der Waals surface area contributed by atoms with E-state index in [0.29, 0.717) is 5.11 Å². The molecule has 0 unspecified atom stereocenters. The van der Waals surface area contributed by atoms with Gasteiger partial charge in [-0.15, -0.1) is 0 Å². The Labute approximate surface area is 211 Å². The topological polar surface area (TPSA) is 62.2 Å². The lowest BCUT2D eigenvalue weighted by Gasteiger charge is -2.29. The normalized spacial score (nSPS) is 17.5. The molecule has 0 spiro atoms. The molecule has 1 aliphatic rings. The maximum absolute atomic E-state index is 11.4. The van der Waals surface area contributed by atoms with Crippen molar-refractivity contribution in [1.82, 2.24) is 14.9 Å². The summed E-state index contributed by atoms with van der Waals surface area (Å²) in [5, 5.41) is 6.94. The Morgan fingerprint density at radius 1 is 1.00 bits per heavy atom. The zero-order valence-electron chi connectivity index (χ0n) is 18.4. The van der Waals surface area contributed by atoms with Crippen molar-refractivity contribution in [3.63, 3.8) is 0 Å². The van der Waals surface area contributed by atoms with Crippen LogP contribution in [0.4, 0.5) is 11.4 Å². The highest BCUT2D eigenvalue weighted by atomic mass is 79.9. The number of pyridine rings is 1. The Hall–Kier alpha value is -3.49. The summed E-state index contributed by atoms with van der Waals surface area (Å²) in [6.07, 6.45) is 3.86. The highest BCUT2D eigenvalue weighted by Gasteiger charge is 2.42. The average molecular weight is 532 g/mol. The van der Waals surface area contributed by atoms with Crippen molar-refractivity contribution in [3.8, 4) is 5.69 Å². The molecule has 5 rings (SSSR count). The molecule has 0 bridgehead atoms. The van der Waals surface area contributed by atoms with E-state index in [4.69, 9.17) is 12.2 Å². The SMILES string of the molecule is CC(=O)Nc1ccc(N2C(=S)N[C@@H](c3ccccn3)[C@@H]2c2cccn2-c2ccc(Br)cc2)cc1. The molecule has 1 saturated heterocycles. The quantitative estimate of drug-likeness (QED) is 0.320. The van der Waals surface area contributed by atoms with Crippen molar-refractivity contribution in [3.05, 3.63) is 107 Å². The first-order valence-electron chi connectivity index (χ1n) is 10.8. The van der Waals surface area contributed by atoms with E-state index < -0.39 is 0 Å². The molecule has 170 valence electrons. The molecule has 1 fully saturated rings. The molecular formula is C26H22BrN5OS. The Balaban J connectivity index is 1.61. The molecule has 1 aliphatic heterocycles. The Bertz CT molecular complexity index is 1320. The summed E-state index contributed by atoms with van der Waals surface area (Å²) in [7, 11) is 0. The molecule has 4 aromatic rings. The van der Waals surface area contributed by atoms with Gasteiger partial charge in [0.1, 0.15) is 6.04 Å². The average Bonchev–Trinajstić information content (AvgIpc) is 3.45. The lowest BCUT2D eigenvalue weighted by atomic mass is 10.0. The molecule has 2 atom stereocenters. The number of rotatable bonds is 5. The summed E-state index contributed by atoms with van der Waals surface area (Å²) in [6.45, 7) is 1.50. The Morgan fingerprint density at radius 3 is 2.41 bits per heavy atom. The number of thiocarbonyl (C=S) groups is 1. The molecule has 0 radical (unpaired) electrons. The van der Waals surface area contributed by atoms with Gasteiger partial charge in [-0.05, 0) is 85.0 Å². The van der Waals surface area contributed by atoms with Gasteiger partial charge in [-0.2, -0.15) is 0 Å². The first kappa shape index (κ1) is 22.3. The zero-order valence-corrected chi connectivity index (χ0v) is 20.8. The fourth-order valence-corrected chi connectivity index (χ4v) is 4.92. The van der Waals surface area contributed by atoms with Crippen LogP contribution in [0.1, 0.15) is 30.4 Å². The molecule has 0 saturated carbocycles. The summed E-state index contributed by atoms with van der Waals surface area (Å²) in [5.74, 6) is -0.105. The van der Waals surface area contributed by atoms with E-state index in [1.54, 1.807) is 6.20 Å². The summed E-state index contributed by atoms with van der Waals surface area (Å²) >= 11 is 9.36. The maximum atomic E-state index is 11.4. The van der Waals surface area contributed by atoms with Crippen molar-refractivity contribution in [2.75, 3.05) is 10.2 Å². The van der Waals surface area contributed by atoms with Crippen molar-refractivity contribution in [1.29, 1.82) is 0 Å². The van der Waals surface area contributed by atoms with Crippen LogP contribution < -0.4 is 15.5 Å². The molecule has 2 aromatic heterocycles. The van der Waals surface area contributed by atoms with Gasteiger partial charge in [0.25, 0.3) is 0 Å². The number of carbonyl (C=O) groups is 1. The predicted molar refractivity (Wildman–Crippen MR) is 142 cm³/mol. The fraction of sp³-hybridized carbons (Fsp3) is 0.115. The summed E-state index contributed by atoms with van der Waals surface area (Å²) in [5.41, 5.74) is 4.72. The second-order valence-corrected chi connectivity index (χ2v) is 9.31. The Kier molecular flexibility index (Phi) is 6.17. The third-order valence-corrected chi connectivity index (χ3v) is 6.60. The molecule has 0 aliphatic carbocycles. The second kappa shape index (κ2) is 9.40. The van der Waals surface area contributed by atoms with Gasteiger partial charge in [-0.3, -0.25) is 9.78 Å². The Morgan fingerprint density at radius 2 is 1.74 bits per heavy atom. The predicted octanol–water partition coefficient (Wildman–Crippen LogP) is 5.77. The minimum Gasteiger partial charge on any atom is -0.351 e. The van der Waals surface area contributed by atoms with Crippen LogP contribution in [0.3, 0.4) is 0 Å². The third-order valence-electron chi connectivity index (χ3n) is 5.75. The molecular weight excluding hydrogens is 510 g/mol. The van der Waals surface area contributed by atoms with E-state index in [9.17, 15) is 4.79 Å². The summed E-state index contributed by atoms with van der Waals surface area (Å²) < 4.78 is 3.21. The van der Waals surface area contributed by atoms with Gasteiger partial charge in [0.15, 0.2) is 5.11 Å². The minimum atomic E-state index is -0.146. The van der Waals surface area contributed by atoms with Crippen LogP contribution in [0.25, 0.3) is 5.69 Å². The van der Waals surface area contributed by atoms with Gasteiger partial charge < -0.3 is 20.1 Å². The van der Waals surface area contributed by atoms with Crippen LogP contribution >= 0.6 is 28.1 Å². The van der Waals surface area contributed by atoms with Gasteiger partial charge in [0.2, 0.25) is 5.91 Å². The van der Waals surface area contributed by atoms with Crippen molar-refractivity contribution in [2.45, 2.75) is 19.0 Å². The number of amides is 1. The van der Waals surface area contributed by atoms with Crippen LogP contribution in [0.5, 0.6) is 0 Å². The van der Waals surface area contributed by atoms with E-state index in [1.165, 1.54) is 6.92 Å². The number of halogens is 1. The number of nitrogens with zero attached hydrogens (tertiary/aromatic N) is 3. The standard InChI is InChI=1S/C26H22BrN5OS/c1-17(33)29-19-9-13-21(14-10-19)32-25(24(30-26(32)34)22-5-2-3-15-28-22)23-6-4-16-31(23)20-11-7-18(27)8-12-20/h2-16,24-25H,1H3,(H,29,33)(H,30,34)/t24-,25-/m0/s1. The number of nitrogens with one attached hydrogen (secondary N) is 2. The number of carbonyl (C=O) groups excluding carboxylic acids is 1. The van der Waals surface area contributed by atoms with Gasteiger partial charge in [0.05, 0.1) is 11.7 Å². The first-order chi connectivity index (χ1) is 16.5. The van der Waals surface area contributed by atoms with Crippen LogP contribution in [0.15, 0.2) is 95.7 Å². The number of aromatic nitrogens is 2. The lowest BCUT2D eigenvalue weighted by molar-refractivity contribution is -0.114. The van der Waals surface area contributed by atoms with E-state index in [1.807, 2.05) is 60.7 Å². The van der Waals surface area contributed by atoms with Gasteiger partial charge >= 0.3 is 0 Å². The molecule has 8 heteroatoms. The zero-order chi connectivity index (χ0) is 23.7. The first-order valence-corrected chi connectivity index (χ1v) is 12.0. The molecule has 1 amide bonds. The lowest BCUT2D eigenvalue weighted by Crippen LogP contribution is -2.30. The largest absolute Gasteiger partial charge is 0.351 e. The number of hydrogen-bond acceptors (Lipinski definition) is 3. The monoisotopic (exact) mass is 531 g/mol. The molecule has 2 aromatic carbocycles. The third kappa shape index (κ3) is 4.34. The van der Waals surface area contributed by atoms with Gasteiger partial charge in [-0.1, -0.05) is 22.0 Å². The van der Waals surface area contributed by atoms with Crippen molar-refractivity contribution < 1.29 is 4.79 Å². The highest BCUT2D eigenvalue weighted by Crippen LogP contribution is 2.42. The minimum absolute atomic E-state index is 0.105. The van der Waals surface area contributed by atoms with Gasteiger partial charge in [0, 0.05) is 46.5 Å². The molecule has 34 heavy (non-hydrogen) atoms. The molecule has 6 nitrogen and oxygen atoms in total. The van der Waals surface area contributed by atoms with Crippen molar-refractivity contribution >= 4 is 50.5 Å². The van der Waals surface area contributed by atoms with Crippen molar-refractivity contribution in [2.24, 2.45) is 0 Å². The number of hydrogen-bond donors (Lipinski definition) is 2. The smallest absolute Gasteiger partial charge is 0.221 e. The highest BCUT2D eigenvalue weighted by molar-refractivity contribution is 9.10. The maximum Gasteiger partial charge on any atom is 0.221 e. The number of benzene rings is 2. The van der Waals surface area contributed by atoms with Crippen LogP contribution in [0.2, 0.25) is 0 Å². The van der Waals surface area contributed by atoms with E-state index in [-0.39, 0.29) is 18.0 Å². The van der Waals surface area contributed by atoms with Crippen LogP contribution in [-0.4, -0.2) is 20.6 Å². The fourth-order valence-electron chi connectivity index (χ4n) is 4.31. The number of anilines is 2. The van der Waals surface area contributed by atoms with E-state index >= 15 is 0 Å². The van der Waals surface area contributed by atoms with Gasteiger partial charge in [-0.25, -0.2) is 0 Å². The second-order valence-electron chi connectivity index (χ2n) is 8.00. The van der Waals surface area contributed by atoms with Crippen LogP contribution in [-0.2, 0) is 4.79 Å². The van der Waals surface area contributed by atoms with Crippen LogP contribution in [0, 0.1) is 0 Å². The molecule has 2 N–H and O–H groups in total.